The Labute approximate surface area is 126 Å². The number of rotatable bonds is 7. The van der Waals surface area contributed by atoms with Crippen LogP contribution >= 0.6 is 11.6 Å². The van der Waals surface area contributed by atoms with E-state index in [1.165, 1.54) is 32.3 Å². The second-order valence-corrected chi connectivity index (χ2v) is 6.09. The molecule has 2 heterocycles. The van der Waals surface area contributed by atoms with Crippen molar-refractivity contribution < 1.29 is 0 Å². The van der Waals surface area contributed by atoms with Crippen LogP contribution in [0.1, 0.15) is 38.7 Å². The van der Waals surface area contributed by atoms with E-state index < -0.39 is 0 Å². The van der Waals surface area contributed by atoms with Gasteiger partial charge in [-0.25, -0.2) is 9.97 Å². The van der Waals surface area contributed by atoms with Crippen LogP contribution in [0.5, 0.6) is 0 Å². The molecule has 1 aromatic rings. The number of nitrogens with zero attached hydrogens (tertiary/aromatic N) is 3. The smallest absolute Gasteiger partial charge is 0.137 e. The third-order valence-corrected chi connectivity index (χ3v) is 4.11. The fourth-order valence-corrected chi connectivity index (χ4v) is 2.98. The Balaban J connectivity index is 1.87. The topological polar surface area (TPSA) is 41.1 Å². The third kappa shape index (κ3) is 4.32. The number of anilines is 1. The van der Waals surface area contributed by atoms with Crippen LogP contribution in [-0.4, -0.2) is 41.0 Å². The molecular formula is C15H25ClN4. The predicted octanol–water partition coefficient (Wildman–Crippen LogP) is 3.23. The largest absolute Gasteiger partial charge is 0.369 e. The van der Waals surface area contributed by atoms with Gasteiger partial charge in [0.1, 0.15) is 17.3 Å². The van der Waals surface area contributed by atoms with Gasteiger partial charge in [0.2, 0.25) is 0 Å². The highest BCUT2D eigenvalue weighted by molar-refractivity contribution is 6.30. The van der Waals surface area contributed by atoms with Crippen molar-refractivity contribution in [3.8, 4) is 0 Å². The summed E-state index contributed by atoms with van der Waals surface area (Å²) in [7, 11) is 0. The summed E-state index contributed by atoms with van der Waals surface area (Å²) < 4.78 is 0. The molecule has 0 amide bonds. The van der Waals surface area contributed by atoms with Gasteiger partial charge in [-0.3, -0.25) is 0 Å². The lowest BCUT2D eigenvalue weighted by atomic mass is 10.1. The summed E-state index contributed by atoms with van der Waals surface area (Å²) in [5.41, 5.74) is 1.05. The maximum atomic E-state index is 6.16. The van der Waals surface area contributed by atoms with Crippen molar-refractivity contribution in [1.29, 1.82) is 0 Å². The lowest BCUT2D eigenvalue weighted by Gasteiger charge is -2.21. The van der Waals surface area contributed by atoms with E-state index in [0.29, 0.717) is 11.1 Å². The van der Waals surface area contributed by atoms with Crippen molar-refractivity contribution in [3.63, 3.8) is 0 Å². The quantitative estimate of drug-likeness (QED) is 0.784. The molecule has 1 aliphatic heterocycles. The average molecular weight is 297 g/mol. The minimum atomic E-state index is 0.580. The highest BCUT2D eigenvalue weighted by Gasteiger charge is 2.15. The van der Waals surface area contributed by atoms with Crippen LogP contribution < -0.4 is 5.32 Å². The minimum absolute atomic E-state index is 0.580. The molecule has 1 N–H and O–H groups in total. The number of hydrogen-bond acceptors (Lipinski definition) is 4. The molecule has 1 unspecified atom stereocenters. The zero-order valence-electron chi connectivity index (χ0n) is 12.5. The molecule has 5 heteroatoms. The van der Waals surface area contributed by atoms with Gasteiger partial charge in [-0.05, 0) is 38.3 Å². The van der Waals surface area contributed by atoms with E-state index in [2.05, 4.69) is 34.0 Å². The highest BCUT2D eigenvalue weighted by Crippen LogP contribution is 2.21. The molecule has 1 fully saturated rings. The molecule has 1 aliphatic rings. The van der Waals surface area contributed by atoms with Crippen molar-refractivity contribution in [2.24, 2.45) is 5.92 Å². The molecule has 20 heavy (non-hydrogen) atoms. The van der Waals surface area contributed by atoms with E-state index in [-0.39, 0.29) is 0 Å². The van der Waals surface area contributed by atoms with Gasteiger partial charge in [-0.2, -0.15) is 0 Å². The first-order chi connectivity index (χ1) is 9.70. The van der Waals surface area contributed by atoms with Gasteiger partial charge < -0.3 is 10.2 Å². The lowest BCUT2D eigenvalue weighted by molar-refractivity contribution is 0.294. The van der Waals surface area contributed by atoms with E-state index in [4.69, 9.17) is 11.6 Å². The number of nitrogens with one attached hydrogen (secondary N) is 1. The number of aromatic nitrogens is 2. The summed E-state index contributed by atoms with van der Waals surface area (Å²) in [5, 5.41) is 4.03. The molecule has 0 spiro atoms. The van der Waals surface area contributed by atoms with Crippen LogP contribution in [0.3, 0.4) is 0 Å². The molecule has 0 radical (unpaired) electrons. The SMILES string of the molecule is CCCc1c(Cl)ncnc1NCC(C)CN1CCCC1. The fourth-order valence-electron chi connectivity index (χ4n) is 2.76. The third-order valence-electron chi connectivity index (χ3n) is 3.78. The molecule has 4 nitrogen and oxygen atoms in total. The van der Waals surface area contributed by atoms with E-state index in [0.717, 1.165) is 37.3 Å². The molecule has 112 valence electrons. The van der Waals surface area contributed by atoms with Crippen LogP contribution in [0.15, 0.2) is 6.33 Å². The predicted molar refractivity (Wildman–Crippen MR) is 84.4 cm³/mol. The molecule has 0 aliphatic carbocycles. The summed E-state index contributed by atoms with van der Waals surface area (Å²) in [4.78, 5) is 11.0. The van der Waals surface area contributed by atoms with E-state index >= 15 is 0 Å². The molecule has 2 rings (SSSR count). The van der Waals surface area contributed by atoms with E-state index in [1.54, 1.807) is 0 Å². The van der Waals surface area contributed by atoms with Gasteiger partial charge in [0.15, 0.2) is 0 Å². The second-order valence-electron chi connectivity index (χ2n) is 5.74. The van der Waals surface area contributed by atoms with E-state index in [1.807, 2.05) is 0 Å². The highest BCUT2D eigenvalue weighted by atomic mass is 35.5. The lowest BCUT2D eigenvalue weighted by Crippen LogP contribution is -2.29. The fraction of sp³-hybridized carbons (Fsp3) is 0.733. The Kier molecular flexibility index (Phi) is 6.05. The molecular weight excluding hydrogens is 272 g/mol. The van der Waals surface area contributed by atoms with Crippen molar-refractivity contribution >= 4 is 17.4 Å². The first kappa shape index (κ1) is 15.5. The Morgan fingerprint density at radius 2 is 2.10 bits per heavy atom. The van der Waals surface area contributed by atoms with Crippen molar-refractivity contribution in [2.45, 2.75) is 39.5 Å². The zero-order valence-corrected chi connectivity index (χ0v) is 13.3. The van der Waals surface area contributed by atoms with Gasteiger partial charge in [0.25, 0.3) is 0 Å². The molecule has 0 aromatic carbocycles. The van der Waals surface area contributed by atoms with Crippen molar-refractivity contribution in [3.05, 3.63) is 17.0 Å². The summed E-state index contributed by atoms with van der Waals surface area (Å²) in [6.07, 6.45) is 6.20. The number of hydrogen-bond donors (Lipinski definition) is 1. The maximum absolute atomic E-state index is 6.16. The van der Waals surface area contributed by atoms with Gasteiger partial charge in [-0.1, -0.05) is 31.9 Å². The first-order valence-electron chi connectivity index (χ1n) is 7.66. The van der Waals surface area contributed by atoms with Crippen LogP contribution in [0.4, 0.5) is 5.82 Å². The molecule has 1 saturated heterocycles. The molecule has 0 saturated carbocycles. The minimum Gasteiger partial charge on any atom is -0.369 e. The average Bonchev–Trinajstić information content (AvgIpc) is 2.92. The Morgan fingerprint density at radius 1 is 1.35 bits per heavy atom. The van der Waals surface area contributed by atoms with Gasteiger partial charge in [0.05, 0.1) is 0 Å². The monoisotopic (exact) mass is 296 g/mol. The Hall–Kier alpha value is -0.870. The summed E-state index contributed by atoms with van der Waals surface area (Å²) in [5.74, 6) is 1.51. The summed E-state index contributed by atoms with van der Waals surface area (Å²) in [6, 6.07) is 0. The Morgan fingerprint density at radius 3 is 2.80 bits per heavy atom. The normalized spacial score (nSPS) is 17.4. The van der Waals surface area contributed by atoms with Crippen LogP contribution in [0.25, 0.3) is 0 Å². The van der Waals surface area contributed by atoms with Gasteiger partial charge in [0, 0.05) is 18.7 Å². The summed E-state index contributed by atoms with van der Waals surface area (Å²) in [6.45, 7) is 9.03. The standard InChI is InChI=1S/C15H25ClN4/c1-3-6-13-14(16)18-11-19-15(13)17-9-12(2)10-20-7-4-5-8-20/h11-12H,3-10H2,1-2H3,(H,17,18,19). The number of halogens is 1. The van der Waals surface area contributed by atoms with Crippen molar-refractivity contribution in [2.75, 3.05) is 31.5 Å². The zero-order chi connectivity index (χ0) is 14.4. The van der Waals surface area contributed by atoms with Crippen molar-refractivity contribution in [1.82, 2.24) is 14.9 Å². The van der Waals surface area contributed by atoms with Crippen LogP contribution in [0, 0.1) is 5.92 Å². The maximum Gasteiger partial charge on any atom is 0.137 e. The van der Waals surface area contributed by atoms with E-state index in [9.17, 15) is 0 Å². The van der Waals surface area contributed by atoms with Gasteiger partial charge in [-0.15, -0.1) is 0 Å². The molecule has 1 atom stereocenters. The van der Waals surface area contributed by atoms with Gasteiger partial charge >= 0.3 is 0 Å². The van der Waals surface area contributed by atoms with Crippen LogP contribution in [0.2, 0.25) is 5.15 Å². The molecule has 0 bridgehead atoms. The Bertz CT molecular complexity index is 418. The van der Waals surface area contributed by atoms with Crippen LogP contribution in [-0.2, 0) is 6.42 Å². The second kappa shape index (κ2) is 7.79. The number of likely N-dealkylation sites (tertiary alicyclic amines) is 1. The summed E-state index contributed by atoms with van der Waals surface area (Å²) >= 11 is 6.16. The first-order valence-corrected chi connectivity index (χ1v) is 8.04. The molecule has 1 aromatic heterocycles.